The van der Waals surface area contributed by atoms with Gasteiger partial charge in [0.15, 0.2) is 49.9 Å². The quantitative estimate of drug-likeness (QED) is 0.0346. The summed E-state index contributed by atoms with van der Waals surface area (Å²) in [6.07, 6.45) is 8.41. The Balaban J connectivity index is -0.000000909. The molecule has 12 nitrogen and oxygen atoms in total. The zero-order chi connectivity index (χ0) is 52.2. The molecule has 0 heterocycles. The smallest absolute Gasteiger partial charge is 0.312 e. The van der Waals surface area contributed by atoms with Crippen molar-refractivity contribution in [3.8, 4) is 0 Å². The first kappa shape index (κ1) is 76.2. The van der Waals surface area contributed by atoms with Crippen LogP contribution in [0.4, 0.5) is 0 Å². The third kappa shape index (κ3) is 40.1. The Morgan fingerprint density at radius 1 is 0.397 bits per heavy atom. The van der Waals surface area contributed by atoms with Crippen LogP contribution in [0.3, 0.4) is 0 Å². The maximum absolute atomic E-state index is 10.5. The topological polar surface area (TPSA) is 155 Å². The molecule has 0 aliphatic rings. The van der Waals surface area contributed by atoms with Crippen LogP contribution >= 0.6 is 0 Å². The maximum Gasteiger partial charge on any atom is 0.312 e. The molecule has 1 atom stereocenters. The van der Waals surface area contributed by atoms with E-state index in [1.165, 1.54) is 37.8 Å². The summed E-state index contributed by atoms with van der Waals surface area (Å²) >= 11 is 0. The van der Waals surface area contributed by atoms with E-state index in [0.29, 0.717) is 6.61 Å². The van der Waals surface area contributed by atoms with E-state index in [9.17, 15) is 10.2 Å². The van der Waals surface area contributed by atoms with Crippen LogP contribution in [-0.2, 0) is 33.5 Å². The Labute approximate surface area is 434 Å². The summed E-state index contributed by atoms with van der Waals surface area (Å²) in [6, 6.07) is 5.34. The Hall–Kier alpha value is 1.69. The molecule has 0 aliphatic heterocycles. The summed E-state index contributed by atoms with van der Waals surface area (Å²) in [5.41, 5.74) is -0.489. The number of hydrogen-bond donors (Lipinski definition) is 4. The van der Waals surface area contributed by atoms with Crippen LogP contribution in [0.1, 0.15) is 86.5 Å². The van der Waals surface area contributed by atoms with Gasteiger partial charge in [-0.3, -0.25) is 0 Å². The van der Waals surface area contributed by atoms with Crippen LogP contribution in [-0.4, -0.2) is 144 Å². The molecule has 0 rings (SSSR count). The fourth-order valence-corrected chi connectivity index (χ4v) is 56.4. The number of hydrogen-bond acceptors (Lipinski definition) is 12. The predicted octanol–water partition coefficient (Wildman–Crippen LogP) is 13.9. The normalized spacial score (nSPS) is 14.5. The molecule has 0 saturated heterocycles. The minimum absolute atomic E-state index is 0. The summed E-state index contributed by atoms with van der Waals surface area (Å²) in [5.74, 6) is 0. The zero-order valence-corrected chi connectivity index (χ0v) is 57.6. The summed E-state index contributed by atoms with van der Waals surface area (Å²) < 4.78 is 52.2. The molecule has 0 spiro atoms. The van der Waals surface area contributed by atoms with E-state index in [0.717, 1.165) is 50.2 Å². The standard InChI is InChI=1S/C33H84O8Si8.C11H28O4Si2.2CH4/c1-19-21-27-42(3,4)36-46(11,12)40-48(15,16)38-44(7,8)29-23-25-33(31-34,32-35)26-24-30-45(9,10)39-49(17,18)41-47(13,14)37-43(5,6)28-22-20-2;1-16(2,3)15-17(4,5)8-6-7-14-10-11(13)9-12;;/h34-35H,19-32H2,1-18H3;11-13H,6-10H2,1-5H3;2*1H4. The van der Waals surface area contributed by atoms with Crippen molar-refractivity contribution < 1.29 is 54.0 Å². The minimum atomic E-state index is -2.41. The van der Waals surface area contributed by atoms with Crippen molar-refractivity contribution in [2.24, 2.45) is 5.41 Å². The molecular weight excluding hydrogens is 1030 g/mol. The van der Waals surface area contributed by atoms with Crippen molar-refractivity contribution in [1.29, 1.82) is 0 Å². The van der Waals surface area contributed by atoms with Crippen LogP contribution in [0.5, 0.6) is 0 Å². The number of ether oxygens (including phenoxy) is 1. The van der Waals surface area contributed by atoms with Crippen LogP contribution in [0.15, 0.2) is 0 Å². The highest BCUT2D eigenvalue weighted by molar-refractivity contribution is 6.90. The molecule has 22 heteroatoms. The average Bonchev–Trinajstić information content (AvgIpc) is 3.08. The second-order valence-electron chi connectivity index (χ2n) is 25.0. The Morgan fingerprint density at radius 3 is 0.941 bits per heavy atom. The lowest BCUT2D eigenvalue weighted by molar-refractivity contribution is 0.00639. The van der Waals surface area contributed by atoms with E-state index in [1.807, 2.05) is 0 Å². The SMILES string of the molecule is C.C.CCCC[Si](C)(C)O[Si](C)(C)O[Si](C)(C)O[Si](C)(C)CCCC(CO)(CO)CCC[Si](C)(C)O[Si](C)(C)O[Si](C)(C)O[Si](C)(C)CCCC.C[Si](C)(C)O[Si](C)(C)CCCOCC(O)CO. The number of rotatable bonds is 37. The summed E-state index contributed by atoms with van der Waals surface area (Å²) in [7, 11) is -20.1. The van der Waals surface area contributed by atoms with Gasteiger partial charge in [0.2, 0.25) is 0 Å². The highest BCUT2D eigenvalue weighted by atomic mass is 28.5. The molecule has 0 radical (unpaired) electrons. The van der Waals surface area contributed by atoms with Gasteiger partial charge in [-0.1, -0.05) is 67.2 Å². The summed E-state index contributed by atoms with van der Waals surface area (Å²) in [6.45, 7) is 52.0. The Morgan fingerprint density at radius 2 is 0.676 bits per heavy atom. The highest BCUT2D eigenvalue weighted by Crippen LogP contribution is 2.35. The fourth-order valence-electron chi connectivity index (χ4n) is 9.36. The summed E-state index contributed by atoms with van der Waals surface area (Å²) in [4.78, 5) is 0. The highest BCUT2D eigenvalue weighted by Gasteiger charge is 2.45. The fraction of sp³-hybridized carbons (Fsp3) is 1.00. The average molecular weight is 1150 g/mol. The lowest BCUT2D eigenvalue weighted by atomic mass is 9.81. The molecular formula is C46H120O12Si10. The largest absolute Gasteiger partial charge is 0.456 e. The molecule has 0 aliphatic carbocycles. The number of aliphatic hydroxyl groups excluding tert-OH is 4. The van der Waals surface area contributed by atoms with Gasteiger partial charge in [-0.2, -0.15) is 0 Å². The maximum atomic E-state index is 10.5. The van der Waals surface area contributed by atoms with E-state index in [-0.39, 0.29) is 41.3 Å². The molecule has 416 valence electrons. The Kier molecular flexibility index (Phi) is 37.0. The van der Waals surface area contributed by atoms with E-state index >= 15 is 0 Å². The van der Waals surface area contributed by atoms with E-state index in [2.05, 4.69) is 151 Å². The molecule has 4 N–H and O–H groups in total. The molecule has 0 aromatic heterocycles. The molecule has 0 aromatic rings. The zero-order valence-electron chi connectivity index (χ0n) is 47.6. The van der Waals surface area contributed by atoms with Gasteiger partial charge in [-0.25, -0.2) is 0 Å². The van der Waals surface area contributed by atoms with Gasteiger partial charge in [0.25, 0.3) is 0 Å². The molecule has 0 amide bonds. The molecule has 0 bridgehead atoms. The predicted molar refractivity (Wildman–Crippen MR) is 319 cm³/mol. The van der Waals surface area contributed by atoms with E-state index in [4.69, 9.17) is 43.8 Å². The van der Waals surface area contributed by atoms with E-state index < -0.39 is 95.7 Å². The molecule has 0 saturated carbocycles. The van der Waals surface area contributed by atoms with Crippen LogP contribution < -0.4 is 0 Å². The first-order chi connectivity index (χ1) is 29.6. The van der Waals surface area contributed by atoms with Crippen molar-refractivity contribution in [2.75, 3.05) is 33.0 Å². The lowest BCUT2D eigenvalue weighted by Gasteiger charge is -2.41. The second-order valence-corrected chi connectivity index (χ2v) is 66.2. The van der Waals surface area contributed by atoms with Crippen LogP contribution in [0.2, 0.25) is 168 Å². The van der Waals surface area contributed by atoms with Gasteiger partial charge in [0, 0.05) is 12.0 Å². The van der Waals surface area contributed by atoms with Crippen molar-refractivity contribution >= 4 is 84.1 Å². The minimum Gasteiger partial charge on any atom is -0.456 e. The van der Waals surface area contributed by atoms with Crippen molar-refractivity contribution in [1.82, 2.24) is 0 Å². The lowest BCUT2D eigenvalue weighted by Crippen LogP contribution is -2.56. The van der Waals surface area contributed by atoms with Gasteiger partial charge >= 0.3 is 34.2 Å². The summed E-state index contributed by atoms with van der Waals surface area (Å²) in [5, 5.41) is 38.7. The van der Waals surface area contributed by atoms with E-state index in [1.54, 1.807) is 0 Å². The van der Waals surface area contributed by atoms with Crippen molar-refractivity contribution in [3.63, 3.8) is 0 Å². The third-order valence-corrected chi connectivity index (χ3v) is 48.2. The number of unbranched alkanes of at least 4 members (excludes halogenated alkanes) is 2. The first-order valence-electron chi connectivity index (χ1n) is 25.6. The van der Waals surface area contributed by atoms with Crippen molar-refractivity contribution in [2.45, 2.75) is 260 Å². The second kappa shape index (κ2) is 33.0. The molecule has 1 unspecified atom stereocenters. The first-order valence-corrected chi connectivity index (χ1v) is 55.8. The van der Waals surface area contributed by atoms with Gasteiger partial charge in [0.1, 0.15) is 6.10 Å². The monoisotopic (exact) mass is 1140 g/mol. The van der Waals surface area contributed by atoms with Gasteiger partial charge in [-0.05, 0) is 187 Å². The molecule has 0 aromatic carbocycles. The van der Waals surface area contributed by atoms with Crippen molar-refractivity contribution in [3.05, 3.63) is 0 Å². The van der Waals surface area contributed by atoms with Gasteiger partial charge < -0.3 is 54.0 Å². The Bertz CT molecular complexity index is 1230. The van der Waals surface area contributed by atoms with Gasteiger partial charge in [0.05, 0.1) is 26.4 Å². The van der Waals surface area contributed by atoms with Crippen LogP contribution in [0, 0.1) is 5.41 Å². The van der Waals surface area contributed by atoms with Crippen LogP contribution in [0.25, 0.3) is 0 Å². The third-order valence-electron chi connectivity index (χ3n) is 11.1. The molecule has 68 heavy (non-hydrogen) atoms. The number of aliphatic hydroxyl groups is 4. The van der Waals surface area contributed by atoms with Gasteiger partial charge in [-0.15, -0.1) is 0 Å². The molecule has 0 fully saturated rings.